The van der Waals surface area contributed by atoms with Gasteiger partial charge in [-0.3, -0.25) is 4.79 Å². The number of nitrogens with zero attached hydrogens (tertiary/aromatic N) is 1. The normalized spacial score (nSPS) is 28.1. The first kappa shape index (κ1) is 14.7. The average molecular weight is 290 g/mol. The van der Waals surface area contributed by atoms with Gasteiger partial charge in [-0.15, -0.1) is 0 Å². The number of fused-ring (bicyclic) bond motifs is 1. The van der Waals surface area contributed by atoms with Crippen molar-refractivity contribution in [3.8, 4) is 0 Å². The molecule has 2 atom stereocenters. The van der Waals surface area contributed by atoms with Gasteiger partial charge in [0.2, 0.25) is 10.0 Å². The Kier molecular flexibility index (Phi) is 4.81. The number of piperidine rings is 1. The van der Waals surface area contributed by atoms with E-state index in [-0.39, 0.29) is 24.2 Å². The molecular weight excluding hydrogens is 268 g/mol. The Balaban J connectivity index is 1.92. The number of ether oxygens (including phenoxy) is 1. The number of nitrogens with one attached hydrogen (secondary N) is 1. The lowest BCUT2D eigenvalue weighted by atomic mass is 9.94. The van der Waals surface area contributed by atoms with Gasteiger partial charge in [0.25, 0.3) is 0 Å². The molecule has 2 unspecified atom stereocenters. The number of rotatable bonds is 5. The van der Waals surface area contributed by atoms with Crippen molar-refractivity contribution in [2.24, 2.45) is 5.92 Å². The number of sulfonamides is 1. The Labute approximate surface area is 114 Å². The van der Waals surface area contributed by atoms with Crippen molar-refractivity contribution in [2.75, 3.05) is 32.5 Å². The molecule has 2 rings (SSSR count). The molecule has 2 aliphatic rings. The molecule has 110 valence electrons. The van der Waals surface area contributed by atoms with E-state index in [1.54, 1.807) is 4.31 Å². The van der Waals surface area contributed by atoms with Gasteiger partial charge in [-0.1, -0.05) is 0 Å². The molecule has 0 aromatic carbocycles. The topological polar surface area (TPSA) is 75.7 Å². The van der Waals surface area contributed by atoms with E-state index in [0.29, 0.717) is 18.9 Å². The van der Waals surface area contributed by atoms with Crippen LogP contribution in [0.2, 0.25) is 0 Å². The zero-order chi connectivity index (χ0) is 13.9. The summed E-state index contributed by atoms with van der Waals surface area (Å²) < 4.78 is 30.9. The van der Waals surface area contributed by atoms with E-state index in [1.807, 2.05) is 0 Å². The van der Waals surface area contributed by atoms with Crippen LogP contribution in [-0.2, 0) is 19.6 Å². The van der Waals surface area contributed by atoms with Gasteiger partial charge < -0.3 is 10.1 Å². The van der Waals surface area contributed by atoms with Crippen molar-refractivity contribution in [3.63, 3.8) is 0 Å². The van der Waals surface area contributed by atoms with E-state index < -0.39 is 10.0 Å². The second-order valence-electron chi connectivity index (χ2n) is 5.23. The molecule has 6 nitrogen and oxygen atoms in total. The first-order valence-corrected chi connectivity index (χ1v) is 8.42. The summed E-state index contributed by atoms with van der Waals surface area (Å²) >= 11 is 0. The van der Waals surface area contributed by atoms with Crippen LogP contribution in [-0.4, -0.2) is 57.2 Å². The van der Waals surface area contributed by atoms with E-state index in [0.717, 1.165) is 25.9 Å². The van der Waals surface area contributed by atoms with Gasteiger partial charge in [0, 0.05) is 25.6 Å². The summed E-state index contributed by atoms with van der Waals surface area (Å²) in [6, 6.07) is 0.108. The molecular formula is C12H22N2O4S. The van der Waals surface area contributed by atoms with E-state index in [2.05, 4.69) is 10.1 Å². The Bertz CT molecular complexity index is 423. The van der Waals surface area contributed by atoms with Crippen molar-refractivity contribution in [3.05, 3.63) is 0 Å². The van der Waals surface area contributed by atoms with Gasteiger partial charge in [-0.2, -0.15) is 4.31 Å². The molecule has 0 aliphatic carbocycles. The van der Waals surface area contributed by atoms with Crippen LogP contribution >= 0.6 is 0 Å². The molecule has 0 aromatic heterocycles. The summed E-state index contributed by atoms with van der Waals surface area (Å²) in [5, 5.41) is 3.27. The summed E-state index contributed by atoms with van der Waals surface area (Å²) in [6.45, 7) is 2.28. The highest BCUT2D eigenvalue weighted by atomic mass is 32.2. The van der Waals surface area contributed by atoms with Crippen molar-refractivity contribution >= 4 is 16.0 Å². The van der Waals surface area contributed by atoms with Crippen molar-refractivity contribution in [2.45, 2.75) is 31.7 Å². The second kappa shape index (κ2) is 6.19. The minimum atomic E-state index is -3.26. The fraction of sp³-hybridized carbons (Fsp3) is 0.917. The molecule has 0 spiro atoms. The monoisotopic (exact) mass is 290 g/mol. The number of hydrogen-bond donors (Lipinski definition) is 1. The zero-order valence-corrected chi connectivity index (χ0v) is 12.1. The van der Waals surface area contributed by atoms with Crippen molar-refractivity contribution in [1.29, 1.82) is 0 Å². The molecule has 0 saturated carbocycles. The van der Waals surface area contributed by atoms with Crippen LogP contribution in [0.5, 0.6) is 0 Å². The first-order chi connectivity index (χ1) is 9.04. The molecule has 2 aliphatic heterocycles. The third-order valence-corrected chi connectivity index (χ3v) is 5.97. The predicted octanol–water partition coefficient (Wildman–Crippen LogP) is -0.0468. The van der Waals surface area contributed by atoms with Crippen LogP contribution in [0.3, 0.4) is 0 Å². The maximum absolute atomic E-state index is 12.3. The minimum absolute atomic E-state index is 0.0331. The van der Waals surface area contributed by atoms with Crippen LogP contribution in [0.1, 0.15) is 25.7 Å². The largest absolute Gasteiger partial charge is 0.469 e. The highest BCUT2D eigenvalue weighted by Crippen LogP contribution is 2.28. The Morgan fingerprint density at radius 2 is 2.21 bits per heavy atom. The van der Waals surface area contributed by atoms with Crippen LogP contribution in [0.25, 0.3) is 0 Å². The summed E-state index contributed by atoms with van der Waals surface area (Å²) in [4.78, 5) is 11.0. The van der Waals surface area contributed by atoms with E-state index >= 15 is 0 Å². The lowest BCUT2D eigenvalue weighted by molar-refractivity contribution is -0.140. The summed E-state index contributed by atoms with van der Waals surface area (Å²) in [7, 11) is -1.94. The van der Waals surface area contributed by atoms with E-state index in [9.17, 15) is 13.2 Å². The van der Waals surface area contributed by atoms with Gasteiger partial charge in [0.1, 0.15) is 0 Å². The minimum Gasteiger partial charge on any atom is -0.469 e. The van der Waals surface area contributed by atoms with Crippen molar-refractivity contribution in [1.82, 2.24) is 9.62 Å². The second-order valence-corrected chi connectivity index (χ2v) is 7.28. The van der Waals surface area contributed by atoms with Crippen LogP contribution in [0.15, 0.2) is 0 Å². The quantitative estimate of drug-likeness (QED) is 0.719. The molecule has 19 heavy (non-hydrogen) atoms. The summed E-state index contributed by atoms with van der Waals surface area (Å²) in [6.07, 6.45) is 2.52. The van der Waals surface area contributed by atoms with Crippen LogP contribution < -0.4 is 5.32 Å². The lowest BCUT2D eigenvalue weighted by Crippen LogP contribution is -2.49. The average Bonchev–Trinajstić information content (AvgIpc) is 2.86. The molecule has 1 N–H and O–H groups in total. The van der Waals surface area contributed by atoms with E-state index in [4.69, 9.17) is 0 Å². The van der Waals surface area contributed by atoms with Gasteiger partial charge in [-0.05, 0) is 31.7 Å². The van der Waals surface area contributed by atoms with Crippen molar-refractivity contribution < 1.29 is 17.9 Å². The number of carbonyl (C=O) groups is 1. The number of esters is 1. The smallest absolute Gasteiger partial charge is 0.305 e. The Morgan fingerprint density at radius 3 is 2.95 bits per heavy atom. The van der Waals surface area contributed by atoms with Gasteiger partial charge >= 0.3 is 5.97 Å². The summed E-state index contributed by atoms with van der Waals surface area (Å²) in [5.74, 6) is 0.129. The van der Waals surface area contributed by atoms with E-state index in [1.165, 1.54) is 7.11 Å². The third-order valence-electron chi connectivity index (χ3n) is 4.00. The Morgan fingerprint density at radius 1 is 1.42 bits per heavy atom. The maximum Gasteiger partial charge on any atom is 0.305 e. The number of carbonyl (C=O) groups excluding carboxylic acids is 1. The number of methoxy groups -OCH3 is 1. The molecule has 7 heteroatoms. The third kappa shape index (κ3) is 3.46. The fourth-order valence-electron chi connectivity index (χ4n) is 2.99. The number of hydrogen-bond acceptors (Lipinski definition) is 5. The van der Waals surface area contributed by atoms with Gasteiger partial charge in [0.15, 0.2) is 0 Å². The van der Waals surface area contributed by atoms with Crippen LogP contribution in [0.4, 0.5) is 0 Å². The highest BCUT2D eigenvalue weighted by Gasteiger charge is 2.40. The standard InChI is InChI=1S/C12H22N2O4S/c1-18-12(15)5-3-7-19(16,17)14-6-2-4-10-8-13-9-11(10)14/h10-11,13H,2-9H2,1H3. The maximum atomic E-state index is 12.3. The van der Waals surface area contributed by atoms with Gasteiger partial charge in [0.05, 0.1) is 12.9 Å². The predicted molar refractivity (Wildman–Crippen MR) is 71.1 cm³/mol. The molecule has 0 aromatic rings. The van der Waals surface area contributed by atoms with Gasteiger partial charge in [-0.25, -0.2) is 8.42 Å². The fourth-order valence-corrected chi connectivity index (χ4v) is 4.80. The molecule has 0 amide bonds. The summed E-state index contributed by atoms with van der Waals surface area (Å²) in [5.41, 5.74) is 0. The molecule has 2 heterocycles. The molecule has 2 fully saturated rings. The lowest BCUT2D eigenvalue weighted by Gasteiger charge is -2.35. The zero-order valence-electron chi connectivity index (χ0n) is 11.3. The SMILES string of the molecule is COC(=O)CCCS(=O)(=O)N1CCCC2CNCC21. The molecule has 0 bridgehead atoms. The Hall–Kier alpha value is -0.660. The molecule has 2 saturated heterocycles. The molecule has 0 radical (unpaired) electrons. The van der Waals surface area contributed by atoms with Crippen LogP contribution in [0, 0.1) is 5.92 Å². The first-order valence-electron chi connectivity index (χ1n) is 6.81. The highest BCUT2D eigenvalue weighted by molar-refractivity contribution is 7.89.